The predicted octanol–water partition coefficient (Wildman–Crippen LogP) is 5.12. The van der Waals surface area contributed by atoms with Crippen molar-refractivity contribution in [2.45, 2.75) is 89.2 Å². The second kappa shape index (κ2) is 14.3. The fourth-order valence-corrected chi connectivity index (χ4v) is 6.34. The molecule has 7 heteroatoms. The number of aliphatic hydroxyl groups is 1. The van der Waals surface area contributed by atoms with E-state index in [9.17, 15) is 14.3 Å². The molecule has 3 atom stereocenters. The van der Waals surface area contributed by atoms with Crippen LogP contribution >= 0.6 is 0 Å². The van der Waals surface area contributed by atoms with Crippen molar-refractivity contribution in [2.75, 3.05) is 40.4 Å². The van der Waals surface area contributed by atoms with Crippen molar-refractivity contribution in [2.24, 2.45) is 11.8 Å². The largest absolute Gasteiger partial charge is 0.385 e. The molecule has 2 aliphatic rings. The van der Waals surface area contributed by atoms with Crippen molar-refractivity contribution in [3.05, 3.63) is 35.1 Å². The number of carbonyl (C=O) groups excluding carboxylic acids is 1. The third-order valence-electron chi connectivity index (χ3n) is 8.33. The minimum atomic E-state index is -1.19. The van der Waals surface area contributed by atoms with Gasteiger partial charge < -0.3 is 25.4 Å². The van der Waals surface area contributed by atoms with Gasteiger partial charge in [0.25, 0.3) is 0 Å². The van der Waals surface area contributed by atoms with Crippen molar-refractivity contribution in [3.8, 4) is 0 Å². The number of halogens is 1. The summed E-state index contributed by atoms with van der Waals surface area (Å²) < 4.78 is 19.5. The van der Waals surface area contributed by atoms with Crippen LogP contribution in [0.2, 0.25) is 0 Å². The number of likely N-dealkylation sites (N-methyl/N-ethyl adjacent to an activating group) is 1. The number of amides is 2. The summed E-state index contributed by atoms with van der Waals surface area (Å²) in [5.74, 6) is 0.190. The Morgan fingerprint density at radius 2 is 2.00 bits per heavy atom. The Kier molecular flexibility index (Phi) is 11.5. The smallest absolute Gasteiger partial charge is 0.317 e. The zero-order chi connectivity index (χ0) is 26.0. The Labute approximate surface area is 217 Å². The molecule has 1 aliphatic carbocycles. The molecule has 0 bridgehead atoms. The van der Waals surface area contributed by atoms with Crippen LogP contribution in [0.15, 0.2) is 18.2 Å². The molecule has 1 aromatic rings. The number of nitrogens with zero attached hydrogens (tertiary/aromatic N) is 1. The summed E-state index contributed by atoms with van der Waals surface area (Å²) in [6.45, 7) is 4.46. The number of methoxy groups -OCH3 is 1. The molecule has 3 rings (SSSR count). The normalized spacial score (nSPS) is 21.7. The van der Waals surface area contributed by atoms with Gasteiger partial charge in [-0.15, -0.1) is 0 Å². The van der Waals surface area contributed by atoms with Crippen LogP contribution < -0.4 is 10.6 Å². The third kappa shape index (κ3) is 7.90. The molecule has 0 radical (unpaired) electrons. The van der Waals surface area contributed by atoms with Gasteiger partial charge in [0, 0.05) is 45.3 Å². The monoisotopic (exact) mass is 505 g/mol. The van der Waals surface area contributed by atoms with Gasteiger partial charge in [-0.3, -0.25) is 0 Å². The maximum absolute atomic E-state index is 14.3. The minimum absolute atomic E-state index is 0.0477. The highest BCUT2D eigenvalue weighted by Crippen LogP contribution is 2.41. The van der Waals surface area contributed by atoms with Crippen molar-refractivity contribution in [1.29, 1.82) is 0 Å². The second-order valence-electron chi connectivity index (χ2n) is 11.1. The molecular formula is C29H48FN3O3. The van der Waals surface area contributed by atoms with E-state index < -0.39 is 5.60 Å². The Hall–Kier alpha value is -1.70. The van der Waals surface area contributed by atoms with Crippen LogP contribution in [0.3, 0.4) is 0 Å². The van der Waals surface area contributed by atoms with E-state index in [1.165, 1.54) is 44.2 Å². The SMILES string of the molecule is CNCC(CC1CCCCC1)NC(=O)N1CCC[C@@H]([C@@](O)(CCCCOC)c2cc(F)ccc2C)C1. The van der Waals surface area contributed by atoms with Crippen LogP contribution in [0.4, 0.5) is 9.18 Å². The second-order valence-corrected chi connectivity index (χ2v) is 11.1. The lowest BCUT2D eigenvalue weighted by molar-refractivity contribution is -0.0570. The summed E-state index contributed by atoms with van der Waals surface area (Å²) in [7, 11) is 3.61. The first-order valence-electron chi connectivity index (χ1n) is 14.0. The van der Waals surface area contributed by atoms with Gasteiger partial charge in [0.1, 0.15) is 5.82 Å². The predicted molar refractivity (Wildman–Crippen MR) is 142 cm³/mol. The molecule has 6 nitrogen and oxygen atoms in total. The van der Waals surface area contributed by atoms with E-state index in [4.69, 9.17) is 4.74 Å². The quantitative estimate of drug-likeness (QED) is 0.345. The first-order chi connectivity index (χ1) is 17.4. The summed E-state index contributed by atoms with van der Waals surface area (Å²) in [6, 6.07) is 4.72. The molecule has 3 N–H and O–H groups in total. The third-order valence-corrected chi connectivity index (χ3v) is 8.33. The van der Waals surface area contributed by atoms with Gasteiger partial charge >= 0.3 is 6.03 Å². The molecular weight excluding hydrogens is 457 g/mol. The lowest BCUT2D eigenvalue weighted by Gasteiger charge is -2.43. The van der Waals surface area contributed by atoms with Gasteiger partial charge in [-0.05, 0) is 81.7 Å². The number of ether oxygens (including phenoxy) is 1. The number of benzene rings is 1. The molecule has 36 heavy (non-hydrogen) atoms. The first-order valence-corrected chi connectivity index (χ1v) is 14.0. The van der Waals surface area contributed by atoms with Crippen LogP contribution in [0.1, 0.15) is 81.8 Å². The molecule has 1 aromatic carbocycles. The van der Waals surface area contributed by atoms with E-state index in [0.29, 0.717) is 37.6 Å². The number of rotatable bonds is 12. The number of likely N-dealkylation sites (tertiary alicyclic amines) is 1. The number of urea groups is 1. The molecule has 1 heterocycles. The summed E-state index contributed by atoms with van der Waals surface area (Å²) >= 11 is 0. The topological polar surface area (TPSA) is 73.8 Å². The van der Waals surface area contributed by atoms with Crippen LogP contribution in [0.5, 0.6) is 0 Å². The van der Waals surface area contributed by atoms with Gasteiger partial charge in [0.15, 0.2) is 0 Å². The number of aryl methyl sites for hydroxylation is 1. The Balaban J connectivity index is 1.72. The molecule has 1 saturated heterocycles. The van der Waals surface area contributed by atoms with E-state index in [2.05, 4.69) is 10.6 Å². The molecule has 2 amide bonds. The zero-order valence-electron chi connectivity index (χ0n) is 22.7. The lowest BCUT2D eigenvalue weighted by Crippen LogP contribution is -2.54. The average Bonchev–Trinajstić information content (AvgIpc) is 2.88. The number of carbonyl (C=O) groups is 1. The van der Waals surface area contributed by atoms with Crippen LogP contribution in [0, 0.1) is 24.6 Å². The summed E-state index contributed by atoms with van der Waals surface area (Å²) in [5.41, 5.74) is 0.344. The maximum atomic E-state index is 14.3. The van der Waals surface area contributed by atoms with Crippen LogP contribution in [-0.2, 0) is 10.3 Å². The van der Waals surface area contributed by atoms with Crippen molar-refractivity contribution in [3.63, 3.8) is 0 Å². The maximum Gasteiger partial charge on any atom is 0.317 e. The highest BCUT2D eigenvalue weighted by molar-refractivity contribution is 5.74. The van der Waals surface area contributed by atoms with Gasteiger partial charge in [0.05, 0.1) is 5.60 Å². The summed E-state index contributed by atoms with van der Waals surface area (Å²) in [6.07, 6.45) is 11.2. The fraction of sp³-hybridized carbons (Fsp3) is 0.759. The van der Waals surface area contributed by atoms with E-state index in [0.717, 1.165) is 44.2 Å². The highest BCUT2D eigenvalue weighted by atomic mass is 19.1. The molecule has 204 valence electrons. The van der Waals surface area contributed by atoms with E-state index in [1.54, 1.807) is 13.2 Å². The number of hydrogen-bond acceptors (Lipinski definition) is 4. The number of piperidine rings is 1. The molecule has 1 unspecified atom stereocenters. The highest BCUT2D eigenvalue weighted by Gasteiger charge is 2.42. The standard InChI is InChI=1S/C29H48FN3O3/c1-22-13-14-25(30)19-27(22)29(35,15-7-8-17-36-3)24-12-9-16-33(21-24)28(34)32-26(20-31-2)18-23-10-5-4-6-11-23/h13-14,19,23-24,26,31,35H,4-12,15-18,20-21H2,1-3H3,(H,32,34)/t24-,26?,29+/m1/s1. The lowest BCUT2D eigenvalue weighted by atomic mass is 9.73. The first kappa shape index (κ1) is 28.9. The Bertz CT molecular complexity index is 817. The number of nitrogens with one attached hydrogen (secondary N) is 2. The minimum Gasteiger partial charge on any atom is -0.385 e. The van der Waals surface area contributed by atoms with Gasteiger partial charge in [0.2, 0.25) is 0 Å². The Morgan fingerprint density at radius 1 is 1.22 bits per heavy atom. The van der Waals surface area contributed by atoms with Crippen LogP contribution in [0.25, 0.3) is 0 Å². The van der Waals surface area contributed by atoms with Crippen molar-refractivity contribution < 1.29 is 19.0 Å². The zero-order valence-corrected chi connectivity index (χ0v) is 22.7. The van der Waals surface area contributed by atoms with Gasteiger partial charge in [-0.1, -0.05) is 38.2 Å². The molecule has 0 aromatic heterocycles. The van der Waals surface area contributed by atoms with Crippen molar-refractivity contribution >= 4 is 6.03 Å². The summed E-state index contributed by atoms with van der Waals surface area (Å²) in [4.78, 5) is 15.3. The number of unbranched alkanes of at least 4 members (excludes halogenated alkanes) is 1. The average molecular weight is 506 g/mol. The fourth-order valence-electron chi connectivity index (χ4n) is 6.34. The van der Waals surface area contributed by atoms with E-state index in [-0.39, 0.29) is 23.8 Å². The molecule has 1 aliphatic heterocycles. The van der Waals surface area contributed by atoms with E-state index >= 15 is 0 Å². The molecule has 1 saturated carbocycles. The Morgan fingerprint density at radius 3 is 2.72 bits per heavy atom. The van der Waals surface area contributed by atoms with Crippen molar-refractivity contribution in [1.82, 2.24) is 15.5 Å². The summed E-state index contributed by atoms with van der Waals surface area (Å²) in [5, 5.41) is 18.7. The van der Waals surface area contributed by atoms with E-state index in [1.807, 2.05) is 18.9 Å². The molecule has 2 fully saturated rings. The van der Waals surface area contributed by atoms with Gasteiger partial charge in [-0.25, -0.2) is 9.18 Å². The van der Waals surface area contributed by atoms with Gasteiger partial charge in [-0.2, -0.15) is 0 Å². The molecule has 0 spiro atoms. The number of hydrogen-bond donors (Lipinski definition) is 3. The van der Waals surface area contributed by atoms with Crippen LogP contribution in [-0.4, -0.2) is 62.5 Å².